The van der Waals surface area contributed by atoms with Crippen LogP contribution in [0.5, 0.6) is 5.75 Å². The van der Waals surface area contributed by atoms with Crippen LogP contribution in [0.1, 0.15) is 29.5 Å². The number of hydrogen-bond donors (Lipinski definition) is 1. The van der Waals surface area contributed by atoms with E-state index >= 15 is 0 Å². The van der Waals surface area contributed by atoms with Crippen molar-refractivity contribution >= 4 is 34.9 Å². The van der Waals surface area contributed by atoms with Gasteiger partial charge in [0.15, 0.2) is 17.6 Å². The first-order chi connectivity index (χ1) is 16.5. The molecule has 1 saturated carbocycles. The second-order valence-electron chi connectivity index (χ2n) is 8.19. The molecule has 1 saturated heterocycles. The molecular weight excluding hydrogens is 512 g/mol. The Labute approximate surface area is 204 Å². The molecule has 13 heteroatoms. The van der Waals surface area contributed by atoms with Gasteiger partial charge in [-0.15, -0.1) is 10.2 Å². The lowest BCUT2D eigenvalue weighted by atomic mass is 10.0. The topological polar surface area (TPSA) is 86.6 Å². The molecule has 2 aliphatic rings. The smallest absolute Gasteiger partial charge is 0.413 e. The number of phenolic OH excluding ortho intramolecular Hbond substituents is 1. The van der Waals surface area contributed by atoms with Crippen LogP contribution in [0.2, 0.25) is 5.02 Å². The number of imide groups is 1. The van der Waals surface area contributed by atoms with Crippen molar-refractivity contribution < 1.29 is 32.3 Å². The van der Waals surface area contributed by atoms with Crippen LogP contribution < -0.4 is 0 Å². The van der Waals surface area contributed by atoms with E-state index in [1.807, 2.05) is 0 Å². The minimum Gasteiger partial charge on any atom is -0.504 e. The van der Waals surface area contributed by atoms with Gasteiger partial charge in [-0.05, 0) is 30.5 Å². The maximum atomic E-state index is 14.1. The molecule has 182 valence electrons. The second kappa shape index (κ2) is 8.16. The molecule has 1 aliphatic carbocycles. The minimum atomic E-state index is -4.88. The zero-order valence-electron chi connectivity index (χ0n) is 17.6. The Morgan fingerprint density at radius 2 is 1.80 bits per heavy atom. The summed E-state index contributed by atoms with van der Waals surface area (Å²) in [7, 11) is 0. The van der Waals surface area contributed by atoms with E-state index in [0.29, 0.717) is 4.90 Å². The fourth-order valence-corrected chi connectivity index (χ4v) is 5.34. The molecule has 2 fully saturated rings. The number of aromatic hydroxyl groups is 1. The molecule has 1 N–H and O–H groups in total. The summed E-state index contributed by atoms with van der Waals surface area (Å²) in [6.07, 6.45) is -4.41. The third-order valence-electron chi connectivity index (χ3n) is 6.04. The van der Waals surface area contributed by atoms with Gasteiger partial charge >= 0.3 is 12.2 Å². The molecular formula is C22H15ClF4N4O3S. The van der Waals surface area contributed by atoms with Crippen LogP contribution in [0.3, 0.4) is 0 Å². The fourth-order valence-electron chi connectivity index (χ4n) is 4.18. The van der Waals surface area contributed by atoms with Crippen LogP contribution in [0.15, 0.2) is 42.5 Å². The predicted octanol–water partition coefficient (Wildman–Crippen LogP) is 5.30. The number of phenols is 1. The number of amides is 3. The third kappa shape index (κ3) is 3.80. The molecule has 2 aromatic carbocycles. The average molecular weight is 527 g/mol. The lowest BCUT2D eigenvalue weighted by molar-refractivity contribution is -0.182. The Morgan fingerprint density at radius 3 is 2.43 bits per heavy atom. The van der Waals surface area contributed by atoms with E-state index in [4.69, 9.17) is 11.6 Å². The first-order valence-corrected chi connectivity index (χ1v) is 11.5. The number of rotatable bonds is 5. The SMILES string of the molecule is O=C1N([C@H](c2ccccc2)C(F)(F)F)C(=O)C2(CC2)N1Cc1nnc(-c2ccc(F)c(O)c2Cl)s1. The number of urea groups is 1. The van der Waals surface area contributed by atoms with Crippen LogP contribution in [0, 0.1) is 5.82 Å². The summed E-state index contributed by atoms with van der Waals surface area (Å²) in [5, 5.41) is 17.8. The molecule has 7 nitrogen and oxygen atoms in total. The van der Waals surface area contributed by atoms with E-state index in [-0.39, 0.29) is 45.6 Å². The van der Waals surface area contributed by atoms with Crippen LogP contribution in [-0.4, -0.2) is 48.8 Å². The number of alkyl halides is 3. The second-order valence-corrected chi connectivity index (χ2v) is 9.63. The molecule has 0 unspecified atom stereocenters. The van der Waals surface area contributed by atoms with Gasteiger partial charge in [-0.1, -0.05) is 53.3 Å². The Hall–Kier alpha value is -3.25. The van der Waals surface area contributed by atoms with Gasteiger partial charge in [0, 0.05) is 5.56 Å². The summed E-state index contributed by atoms with van der Waals surface area (Å²) in [5.74, 6) is -2.57. The zero-order chi connectivity index (χ0) is 25.1. The van der Waals surface area contributed by atoms with E-state index in [0.717, 1.165) is 22.3 Å². The molecule has 1 aliphatic heterocycles. The summed E-state index contributed by atoms with van der Waals surface area (Å²) in [4.78, 5) is 27.8. The van der Waals surface area contributed by atoms with E-state index in [1.54, 1.807) is 6.07 Å². The van der Waals surface area contributed by atoms with E-state index in [9.17, 15) is 32.3 Å². The van der Waals surface area contributed by atoms with Gasteiger partial charge in [-0.25, -0.2) is 14.1 Å². The van der Waals surface area contributed by atoms with Crippen LogP contribution in [0.25, 0.3) is 10.6 Å². The summed E-state index contributed by atoms with van der Waals surface area (Å²) >= 11 is 6.95. The number of hydrogen-bond acceptors (Lipinski definition) is 6. The Balaban J connectivity index is 1.46. The highest BCUT2D eigenvalue weighted by atomic mass is 35.5. The molecule has 3 amide bonds. The van der Waals surface area contributed by atoms with Crippen molar-refractivity contribution in [1.82, 2.24) is 20.0 Å². The van der Waals surface area contributed by atoms with E-state index in [1.165, 1.54) is 30.3 Å². The van der Waals surface area contributed by atoms with Crippen molar-refractivity contribution in [2.75, 3.05) is 0 Å². The summed E-state index contributed by atoms with van der Waals surface area (Å²) < 4.78 is 55.7. The van der Waals surface area contributed by atoms with Gasteiger partial charge in [0.1, 0.15) is 15.6 Å². The maximum absolute atomic E-state index is 14.1. The highest BCUT2D eigenvalue weighted by Crippen LogP contribution is 2.53. The monoisotopic (exact) mass is 526 g/mol. The molecule has 2 heterocycles. The van der Waals surface area contributed by atoms with Gasteiger partial charge in [0.25, 0.3) is 5.91 Å². The number of aromatic nitrogens is 2. The standard InChI is InChI=1S/C22H15ClF4N4O3S/c23-15-12(6-7-13(24)16(15)32)18-29-28-14(35-18)10-30-20(34)31(19(33)21(30)8-9-21)17(22(25,26)27)11-4-2-1-3-5-11/h1-7,17,32H,8-10H2/t17-/m1/s1. The zero-order valence-corrected chi connectivity index (χ0v) is 19.2. The lowest BCUT2D eigenvalue weighted by Gasteiger charge is -2.28. The van der Waals surface area contributed by atoms with Crippen LogP contribution in [-0.2, 0) is 11.3 Å². The Kier molecular flexibility index (Phi) is 5.48. The van der Waals surface area contributed by atoms with Gasteiger partial charge in [0.05, 0.1) is 11.6 Å². The first-order valence-electron chi connectivity index (χ1n) is 10.3. The summed E-state index contributed by atoms with van der Waals surface area (Å²) in [6, 6.07) is 5.61. The average Bonchev–Trinajstić information content (AvgIpc) is 3.45. The molecule has 1 aromatic heterocycles. The van der Waals surface area contributed by atoms with Crippen molar-refractivity contribution in [3.05, 3.63) is 63.9 Å². The van der Waals surface area contributed by atoms with Crippen LogP contribution >= 0.6 is 22.9 Å². The number of halogens is 5. The molecule has 0 bridgehead atoms. The minimum absolute atomic E-state index is 0.196. The first kappa shape index (κ1) is 23.5. The molecule has 0 radical (unpaired) electrons. The summed E-state index contributed by atoms with van der Waals surface area (Å²) in [5.41, 5.74) is -1.38. The molecule has 5 rings (SSSR count). The van der Waals surface area contributed by atoms with Gasteiger partial charge in [-0.2, -0.15) is 13.2 Å². The van der Waals surface area contributed by atoms with E-state index < -0.39 is 41.3 Å². The van der Waals surface area contributed by atoms with Crippen LogP contribution in [0.4, 0.5) is 22.4 Å². The quantitative estimate of drug-likeness (QED) is 0.360. The molecule has 1 spiro atoms. The summed E-state index contributed by atoms with van der Waals surface area (Å²) in [6.45, 7) is -0.247. The van der Waals surface area contributed by atoms with Gasteiger partial charge in [-0.3, -0.25) is 4.79 Å². The van der Waals surface area contributed by atoms with Gasteiger partial charge in [0.2, 0.25) is 0 Å². The van der Waals surface area contributed by atoms with Crippen molar-refractivity contribution in [1.29, 1.82) is 0 Å². The fraction of sp³-hybridized carbons (Fsp3) is 0.273. The number of nitrogens with zero attached hydrogens (tertiary/aromatic N) is 4. The lowest BCUT2D eigenvalue weighted by Crippen LogP contribution is -2.43. The Morgan fingerprint density at radius 1 is 1.11 bits per heavy atom. The number of benzene rings is 2. The van der Waals surface area contributed by atoms with Crippen molar-refractivity contribution in [2.24, 2.45) is 0 Å². The molecule has 3 aromatic rings. The normalized spacial score (nSPS) is 18.0. The highest BCUT2D eigenvalue weighted by molar-refractivity contribution is 7.14. The van der Waals surface area contributed by atoms with E-state index in [2.05, 4.69) is 10.2 Å². The maximum Gasteiger partial charge on any atom is 0.413 e. The third-order valence-corrected chi connectivity index (χ3v) is 7.36. The molecule has 35 heavy (non-hydrogen) atoms. The van der Waals surface area contributed by atoms with Crippen molar-refractivity contribution in [2.45, 2.75) is 37.1 Å². The predicted molar refractivity (Wildman–Crippen MR) is 117 cm³/mol. The largest absolute Gasteiger partial charge is 0.504 e. The van der Waals surface area contributed by atoms with Crippen molar-refractivity contribution in [3.8, 4) is 16.3 Å². The molecule has 1 atom stereocenters. The number of carbonyl (C=O) groups is 2. The van der Waals surface area contributed by atoms with Gasteiger partial charge < -0.3 is 10.0 Å². The number of carbonyl (C=O) groups excluding carboxylic acids is 2. The van der Waals surface area contributed by atoms with Crippen molar-refractivity contribution in [3.63, 3.8) is 0 Å². The Bertz CT molecular complexity index is 1330. The highest BCUT2D eigenvalue weighted by Gasteiger charge is 2.68.